The first-order chi connectivity index (χ1) is 18.0. The van der Waals surface area contributed by atoms with Gasteiger partial charge in [0.25, 0.3) is 0 Å². The van der Waals surface area contributed by atoms with Crippen molar-refractivity contribution in [3.05, 3.63) is 54.0 Å². The number of pyridine rings is 2. The number of methoxy groups -OCH3 is 1. The fourth-order valence-corrected chi connectivity index (χ4v) is 3.72. The first-order valence-corrected chi connectivity index (χ1v) is 13.5. The van der Waals surface area contributed by atoms with Crippen LogP contribution in [0.5, 0.6) is 0 Å². The minimum absolute atomic E-state index is 0.276. The lowest BCUT2D eigenvalue weighted by Crippen LogP contribution is -2.27. The molecule has 1 unspecified atom stereocenters. The summed E-state index contributed by atoms with van der Waals surface area (Å²) >= 11 is 0. The Morgan fingerprint density at radius 2 is 2.03 bits per heavy atom. The molecule has 2 aromatic heterocycles. The van der Waals surface area contributed by atoms with Crippen LogP contribution in [0, 0.1) is 17.2 Å². The van der Waals surface area contributed by atoms with Gasteiger partial charge < -0.3 is 15.4 Å². The van der Waals surface area contributed by atoms with E-state index in [1.54, 1.807) is 7.11 Å². The van der Waals surface area contributed by atoms with Gasteiger partial charge >= 0.3 is 0 Å². The predicted octanol–water partition coefficient (Wildman–Crippen LogP) is 6.51. The number of aliphatic imine (C=N–C) groups is 1. The van der Waals surface area contributed by atoms with E-state index >= 15 is 0 Å². The standard InChI is InChI=1S/C22H29N5O.C6H11N.C2H6/c1-4-5-6-7-20(25-16(2)27-11-10-19(15-27)28-3)21-9-8-17-14-24-18(13-23)12-22(17)26-21;1-3-6(4-2)5-7;1-2/h5-9,12,14,19H,4,10-11,13,15,23H2,1-3H3;6H,3-4H2,1-2H3;1-2H3/b6-5+,20-7-,25-16?;;. The minimum atomic E-state index is 0.276. The van der Waals surface area contributed by atoms with Crippen molar-refractivity contribution in [2.45, 2.75) is 79.9 Å². The van der Waals surface area contributed by atoms with Gasteiger partial charge in [0.15, 0.2) is 0 Å². The number of likely N-dealkylation sites (tertiary alicyclic amines) is 1. The van der Waals surface area contributed by atoms with Crippen molar-refractivity contribution < 1.29 is 4.74 Å². The van der Waals surface area contributed by atoms with E-state index in [4.69, 9.17) is 25.7 Å². The van der Waals surface area contributed by atoms with Crippen LogP contribution in [0.25, 0.3) is 16.6 Å². The Morgan fingerprint density at radius 1 is 1.30 bits per heavy atom. The first-order valence-electron chi connectivity index (χ1n) is 13.5. The number of hydrogen-bond donors (Lipinski definition) is 1. The fourth-order valence-electron chi connectivity index (χ4n) is 3.72. The van der Waals surface area contributed by atoms with Crippen molar-refractivity contribution in [2.75, 3.05) is 20.2 Å². The van der Waals surface area contributed by atoms with Gasteiger partial charge in [-0.3, -0.25) is 4.98 Å². The van der Waals surface area contributed by atoms with Crippen LogP contribution in [0.3, 0.4) is 0 Å². The van der Waals surface area contributed by atoms with E-state index in [0.29, 0.717) is 12.5 Å². The monoisotopic (exact) mass is 506 g/mol. The molecule has 0 aromatic carbocycles. The van der Waals surface area contributed by atoms with E-state index in [-0.39, 0.29) is 6.10 Å². The lowest BCUT2D eigenvalue weighted by Gasteiger charge is -2.18. The van der Waals surface area contributed by atoms with Crippen molar-refractivity contribution in [2.24, 2.45) is 16.6 Å². The topological polar surface area (TPSA) is 100 Å². The summed E-state index contributed by atoms with van der Waals surface area (Å²) in [6.45, 7) is 14.5. The summed E-state index contributed by atoms with van der Waals surface area (Å²) in [6.07, 6.45) is 12.3. The quantitative estimate of drug-likeness (QED) is 0.249. The van der Waals surface area contributed by atoms with Crippen LogP contribution in [0.4, 0.5) is 0 Å². The van der Waals surface area contributed by atoms with Crippen LogP contribution < -0.4 is 5.73 Å². The normalized spacial score (nSPS) is 15.9. The molecule has 1 aliphatic heterocycles. The van der Waals surface area contributed by atoms with Crippen molar-refractivity contribution in [1.29, 1.82) is 5.26 Å². The van der Waals surface area contributed by atoms with Gasteiger partial charge in [-0.25, -0.2) is 9.98 Å². The Labute approximate surface area is 224 Å². The van der Waals surface area contributed by atoms with E-state index in [9.17, 15) is 0 Å². The number of allylic oxidation sites excluding steroid dienone is 3. The molecule has 3 rings (SSSR count). The molecule has 0 amide bonds. The molecule has 1 atom stereocenters. The largest absolute Gasteiger partial charge is 0.380 e. The summed E-state index contributed by atoms with van der Waals surface area (Å²) in [5.74, 6) is 1.27. The van der Waals surface area contributed by atoms with Gasteiger partial charge in [0.1, 0.15) is 5.84 Å². The van der Waals surface area contributed by atoms with Gasteiger partial charge in [0.2, 0.25) is 0 Å². The average Bonchev–Trinajstić information content (AvgIpc) is 3.44. The number of ether oxygens (including phenoxy) is 1. The number of nitrogens with zero attached hydrogens (tertiary/aromatic N) is 5. The Balaban J connectivity index is 0.000000659. The molecule has 202 valence electrons. The molecule has 1 saturated heterocycles. The molecule has 0 saturated carbocycles. The number of hydrogen-bond acceptors (Lipinski definition) is 6. The Kier molecular flexibility index (Phi) is 15.7. The van der Waals surface area contributed by atoms with Gasteiger partial charge in [0.05, 0.1) is 34.8 Å². The summed E-state index contributed by atoms with van der Waals surface area (Å²) in [5, 5.41) is 9.27. The van der Waals surface area contributed by atoms with E-state index in [0.717, 1.165) is 72.6 Å². The third-order valence-electron chi connectivity index (χ3n) is 6.11. The molecular formula is C30H46N6O. The van der Waals surface area contributed by atoms with E-state index in [1.807, 2.05) is 71.2 Å². The van der Waals surface area contributed by atoms with E-state index in [1.165, 1.54) is 0 Å². The van der Waals surface area contributed by atoms with Crippen LogP contribution in [-0.2, 0) is 11.3 Å². The maximum absolute atomic E-state index is 8.28. The summed E-state index contributed by atoms with van der Waals surface area (Å²) < 4.78 is 5.48. The SMILES string of the molecule is CC.CC/C=C/C=C(\N=C(C)N1CCC(OC)C1)c1ccc2cnc(CN)cc2n1.CCC(C#N)CC. The Morgan fingerprint density at radius 3 is 2.57 bits per heavy atom. The van der Waals surface area contributed by atoms with E-state index < -0.39 is 0 Å². The second-order valence-electron chi connectivity index (χ2n) is 8.55. The lowest BCUT2D eigenvalue weighted by molar-refractivity contribution is 0.114. The second-order valence-corrected chi connectivity index (χ2v) is 8.55. The highest BCUT2D eigenvalue weighted by molar-refractivity contribution is 5.87. The molecule has 7 heteroatoms. The smallest absolute Gasteiger partial charge is 0.102 e. The molecule has 37 heavy (non-hydrogen) atoms. The Bertz CT molecular complexity index is 1070. The molecule has 0 spiro atoms. The van der Waals surface area contributed by atoms with Crippen LogP contribution in [0.1, 0.15) is 78.6 Å². The van der Waals surface area contributed by atoms with Gasteiger partial charge in [-0.05, 0) is 56.9 Å². The van der Waals surface area contributed by atoms with Crippen LogP contribution in [-0.4, -0.2) is 47.0 Å². The van der Waals surface area contributed by atoms with Crippen molar-refractivity contribution in [3.63, 3.8) is 0 Å². The Hall–Kier alpha value is -3.08. The van der Waals surface area contributed by atoms with Crippen molar-refractivity contribution in [3.8, 4) is 6.07 Å². The van der Waals surface area contributed by atoms with Gasteiger partial charge in [-0.1, -0.05) is 46.8 Å². The van der Waals surface area contributed by atoms with Gasteiger partial charge in [-0.15, -0.1) is 0 Å². The predicted molar refractivity (Wildman–Crippen MR) is 156 cm³/mol. The zero-order chi connectivity index (χ0) is 27.6. The molecule has 0 bridgehead atoms. The maximum atomic E-state index is 8.28. The number of rotatable bonds is 8. The highest BCUT2D eigenvalue weighted by atomic mass is 16.5. The number of nitriles is 1. The average molecular weight is 507 g/mol. The van der Waals surface area contributed by atoms with Crippen LogP contribution >= 0.6 is 0 Å². The molecule has 7 nitrogen and oxygen atoms in total. The maximum Gasteiger partial charge on any atom is 0.102 e. The summed E-state index contributed by atoms with van der Waals surface area (Å²) in [5.41, 5.74) is 9.12. The van der Waals surface area contributed by atoms with Crippen molar-refractivity contribution in [1.82, 2.24) is 14.9 Å². The van der Waals surface area contributed by atoms with Crippen LogP contribution in [0.2, 0.25) is 0 Å². The first kappa shape index (κ1) is 31.9. The number of fused-ring (bicyclic) bond motifs is 1. The third kappa shape index (κ3) is 10.4. The van der Waals surface area contributed by atoms with Crippen molar-refractivity contribution >= 4 is 22.4 Å². The zero-order valence-electron chi connectivity index (χ0n) is 23.9. The molecule has 2 N–H and O–H groups in total. The molecule has 3 heterocycles. The summed E-state index contributed by atoms with van der Waals surface area (Å²) in [6, 6.07) is 8.17. The molecule has 1 fully saturated rings. The summed E-state index contributed by atoms with van der Waals surface area (Å²) in [7, 11) is 1.77. The number of aromatic nitrogens is 2. The highest BCUT2D eigenvalue weighted by Gasteiger charge is 2.23. The summed E-state index contributed by atoms with van der Waals surface area (Å²) in [4.78, 5) is 16.3. The lowest BCUT2D eigenvalue weighted by atomic mass is 10.1. The van der Waals surface area contributed by atoms with E-state index in [2.05, 4.69) is 29.0 Å². The minimum Gasteiger partial charge on any atom is -0.380 e. The zero-order valence-corrected chi connectivity index (χ0v) is 23.9. The molecular weight excluding hydrogens is 460 g/mol. The molecule has 0 aliphatic carbocycles. The van der Waals surface area contributed by atoms with Gasteiger partial charge in [0, 0.05) is 44.2 Å². The highest BCUT2D eigenvalue weighted by Crippen LogP contribution is 2.21. The number of nitrogens with two attached hydrogens (primary N) is 1. The fraction of sp³-hybridized carbons (Fsp3) is 0.533. The van der Waals surface area contributed by atoms with Gasteiger partial charge in [-0.2, -0.15) is 5.26 Å². The molecule has 1 aliphatic rings. The second kappa shape index (κ2) is 18.2. The molecule has 0 radical (unpaired) electrons. The number of amidine groups is 1. The van der Waals surface area contributed by atoms with Crippen LogP contribution in [0.15, 0.2) is 47.6 Å². The molecule has 2 aromatic rings. The third-order valence-corrected chi connectivity index (χ3v) is 6.11.